The predicted molar refractivity (Wildman–Crippen MR) is 203 cm³/mol. The standard InChI is InChI=1S/C39H40ClN7O5S/c1-23-35(40)36(38(41)49)44-47(23)34-13-11-26(39(50)45-53(51,52)30-12-10-24-6-3-4-7-25(24)18-30)19-33(34)37(48)31-9-5-8-27-21-42-29(20-32(27)31)22-43-28-14-16-46(2)17-15-28/h3-13,18-19,28-29,42-43H,14-17,20-22H2,1-2H3,(H2,41,49)(H,45,50). The van der Waals surface area contributed by atoms with Gasteiger partial charge in [-0.15, -0.1) is 0 Å². The molecule has 0 saturated carbocycles. The summed E-state index contributed by atoms with van der Waals surface area (Å²) < 4.78 is 30.3. The van der Waals surface area contributed by atoms with Crippen molar-refractivity contribution in [2.24, 2.45) is 5.73 Å². The minimum atomic E-state index is -4.29. The van der Waals surface area contributed by atoms with Crippen molar-refractivity contribution in [2.45, 2.75) is 49.7 Å². The van der Waals surface area contributed by atoms with Crippen LogP contribution in [0.15, 0.2) is 83.8 Å². The molecule has 1 fully saturated rings. The minimum absolute atomic E-state index is 0.0299. The van der Waals surface area contributed by atoms with Crippen LogP contribution < -0.4 is 21.1 Å². The smallest absolute Gasteiger partial charge is 0.270 e. The van der Waals surface area contributed by atoms with Gasteiger partial charge in [0.2, 0.25) is 0 Å². The van der Waals surface area contributed by atoms with Crippen molar-refractivity contribution in [2.75, 3.05) is 26.7 Å². The molecule has 1 aromatic heterocycles. The summed E-state index contributed by atoms with van der Waals surface area (Å²) >= 11 is 6.45. The molecule has 1 atom stereocenters. The number of ketones is 1. The van der Waals surface area contributed by atoms with Gasteiger partial charge < -0.3 is 21.3 Å². The highest BCUT2D eigenvalue weighted by Crippen LogP contribution is 2.30. The molecule has 1 saturated heterocycles. The summed E-state index contributed by atoms with van der Waals surface area (Å²) in [6.07, 6.45) is 2.75. The Morgan fingerprint density at radius 2 is 1.72 bits per heavy atom. The van der Waals surface area contributed by atoms with Crippen LogP contribution in [0.4, 0.5) is 0 Å². The molecule has 4 aromatic carbocycles. The van der Waals surface area contributed by atoms with Crippen LogP contribution >= 0.6 is 11.6 Å². The van der Waals surface area contributed by atoms with Gasteiger partial charge >= 0.3 is 0 Å². The molecular formula is C39H40ClN7O5S. The summed E-state index contributed by atoms with van der Waals surface area (Å²) in [6, 6.07) is 22.2. The van der Waals surface area contributed by atoms with Crippen LogP contribution in [-0.2, 0) is 23.0 Å². The van der Waals surface area contributed by atoms with E-state index in [-0.39, 0.29) is 38.5 Å². The molecule has 5 aromatic rings. The molecule has 0 radical (unpaired) electrons. The summed E-state index contributed by atoms with van der Waals surface area (Å²) in [5.41, 5.74) is 8.27. The van der Waals surface area contributed by atoms with E-state index < -0.39 is 27.6 Å². The van der Waals surface area contributed by atoms with E-state index in [9.17, 15) is 22.8 Å². The van der Waals surface area contributed by atoms with Crippen LogP contribution in [0.25, 0.3) is 16.5 Å². The Hall–Kier alpha value is -4.92. The van der Waals surface area contributed by atoms with Crippen molar-refractivity contribution in [3.63, 3.8) is 0 Å². The SMILES string of the molecule is Cc1c(Cl)c(C(N)=O)nn1-c1ccc(C(=O)NS(=O)(=O)c2ccc3ccccc3c2)cc1C(=O)c1cccc2c1CC(CNC1CCN(C)CC1)NC2. The Labute approximate surface area is 312 Å². The zero-order chi connectivity index (χ0) is 37.4. The van der Waals surface area contributed by atoms with Crippen LogP contribution in [0.3, 0.4) is 0 Å². The maximum atomic E-state index is 14.7. The van der Waals surface area contributed by atoms with E-state index in [1.165, 1.54) is 35.0 Å². The van der Waals surface area contributed by atoms with Crippen LogP contribution in [0.5, 0.6) is 0 Å². The lowest BCUT2D eigenvalue weighted by Gasteiger charge is -2.33. The van der Waals surface area contributed by atoms with Crippen molar-refractivity contribution in [1.82, 2.24) is 30.0 Å². The summed E-state index contributed by atoms with van der Waals surface area (Å²) in [5.74, 6) is -2.17. The molecule has 2 aliphatic heterocycles. The number of carbonyl (C=O) groups excluding carboxylic acids is 3. The lowest BCUT2D eigenvalue weighted by molar-refractivity contribution is 0.0977. The zero-order valence-electron chi connectivity index (χ0n) is 29.4. The Balaban J connectivity index is 1.23. The number of primary amides is 1. The monoisotopic (exact) mass is 753 g/mol. The maximum absolute atomic E-state index is 14.7. The second-order valence-electron chi connectivity index (χ2n) is 13.7. The number of likely N-dealkylation sites (tertiary alicyclic amines) is 1. The third-order valence-corrected chi connectivity index (χ3v) is 12.0. The van der Waals surface area contributed by atoms with E-state index in [2.05, 4.69) is 32.4 Å². The molecule has 0 aliphatic carbocycles. The number of benzene rings is 4. The van der Waals surface area contributed by atoms with Crippen LogP contribution in [0.2, 0.25) is 5.02 Å². The van der Waals surface area contributed by atoms with E-state index in [4.69, 9.17) is 17.3 Å². The van der Waals surface area contributed by atoms with Crippen LogP contribution in [0.1, 0.15) is 66.4 Å². The number of rotatable bonds is 10. The molecule has 5 N–H and O–H groups in total. The first-order chi connectivity index (χ1) is 25.4. The normalized spacial score (nSPS) is 16.7. The van der Waals surface area contributed by atoms with E-state index >= 15 is 0 Å². The summed E-state index contributed by atoms with van der Waals surface area (Å²) in [4.78, 5) is 42.8. The van der Waals surface area contributed by atoms with E-state index in [1.807, 2.05) is 24.3 Å². The van der Waals surface area contributed by atoms with Crippen molar-refractivity contribution in [3.8, 4) is 5.69 Å². The first-order valence-corrected chi connectivity index (χ1v) is 19.3. The van der Waals surface area contributed by atoms with E-state index in [0.29, 0.717) is 35.7 Å². The van der Waals surface area contributed by atoms with Gasteiger partial charge in [-0.2, -0.15) is 5.10 Å². The molecule has 2 amide bonds. The number of aromatic nitrogens is 2. The van der Waals surface area contributed by atoms with Gasteiger partial charge in [0.15, 0.2) is 11.5 Å². The van der Waals surface area contributed by atoms with Crippen molar-refractivity contribution in [3.05, 3.63) is 123 Å². The van der Waals surface area contributed by atoms with Gasteiger partial charge in [-0.1, -0.05) is 60.1 Å². The second kappa shape index (κ2) is 14.8. The minimum Gasteiger partial charge on any atom is -0.364 e. The number of hydrogen-bond acceptors (Lipinski definition) is 9. The number of piperidine rings is 1. The fourth-order valence-electron chi connectivity index (χ4n) is 7.13. The number of amides is 2. The van der Waals surface area contributed by atoms with Crippen molar-refractivity contribution in [1.29, 1.82) is 0 Å². The fourth-order valence-corrected chi connectivity index (χ4v) is 8.35. The average molecular weight is 754 g/mol. The fraction of sp³-hybridized carbons (Fsp3) is 0.282. The summed E-state index contributed by atoms with van der Waals surface area (Å²) in [6.45, 7) is 5.05. The highest BCUT2D eigenvalue weighted by atomic mass is 35.5. The van der Waals surface area contributed by atoms with Crippen molar-refractivity contribution < 1.29 is 22.8 Å². The van der Waals surface area contributed by atoms with Gasteiger partial charge in [-0.05, 0) is 98.6 Å². The quantitative estimate of drug-likeness (QED) is 0.153. The number of hydrogen-bond donors (Lipinski definition) is 4. The van der Waals surface area contributed by atoms with Gasteiger partial charge in [0.05, 0.1) is 21.3 Å². The first-order valence-electron chi connectivity index (χ1n) is 17.5. The van der Waals surface area contributed by atoms with Gasteiger partial charge in [-0.25, -0.2) is 17.8 Å². The molecule has 274 valence electrons. The topological polar surface area (TPSA) is 169 Å². The molecule has 14 heteroatoms. The first kappa shape index (κ1) is 36.4. The number of fused-ring (bicyclic) bond motifs is 2. The van der Waals surface area contributed by atoms with E-state index in [0.717, 1.165) is 49.0 Å². The average Bonchev–Trinajstić information content (AvgIpc) is 3.46. The number of nitrogens with one attached hydrogen (secondary N) is 3. The third kappa shape index (κ3) is 7.48. The number of nitrogens with two attached hydrogens (primary N) is 1. The third-order valence-electron chi connectivity index (χ3n) is 10.2. The van der Waals surface area contributed by atoms with Crippen LogP contribution in [0, 0.1) is 6.92 Å². The molecule has 2 aliphatic rings. The largest absolute Gasteiger partial charge is 0.364 e. The number of carbonyl (C=O) groups is 3. The Kier molecular flexibility index (Phi) is 10.2. The van der Waals surface area contributed by atoms with E-state index in [1.54, 1.807) is 31.2 Å². The Morgan fingerprint density at radius 3 is 2.45 bits per heavy atom. The summed E-state index contributed by atoms with van der Waals surface area (Å²) in [7, 11) is -2.15. The Bertz CT molecular complexity index is 2370. The molecule has 53 heavy (non-hydrogen) atoms. The van der Waals surface area contributed by atoms with Gasteiger partial charge in [0, 0.05) is 41.9 Å². The molecule has 12 nitrogen and oxygen atoms in total. The highest BCUT2D eigenvalue weighted by Gasteiger charge is 2.29. The van der Waals surface area contributed by atoms with Crippen LogP contribution in [-0.4, -0.2) is 79.5 Å². The van der Waals surface area contributed by atoms with Crippen molar-refractivity contribution >= 4 is 50.0 Å². The molecule has 3 heterocycles. The highest BCUT2D eigenvalue weighted by molar-refractivity contribution is 7.90. The van der Waals surface area contributed by atoms with Gasteiger partial charge in [-0.3, -0.25) is 14.4 Å². The number of nitrogens with zero attached hydrogens (tertiary/aromatic N) is 3. The molecule has 7 rings (SSSR count). The molecule has 0 bridgehead atoms. The zero-order valence-corrected chi connectivity index (χ0v) is 30.9. The molecular weight excluding hydrogens is 714 g/mol. The predicted octanol–water partition coefficient (Wildman–Crippen LogP) is 4.13. The number of sulfonamides is 1. The lowest BCUT2D eigenvalue weighted by atomic mass is 9.87. The molecule has 0 spiro atoms. The van der Waals surface area contributed by atoms with Gasteiger partial charge in [0.25, 0.3) is 21.8 Å². The molecule has 1 unspecified atom stereocenters. The Morgan fingerprint density at radius 1 is 0.962 bits per heavy atom. The number of halogens is 1. The summed E-state index contributed by atoms with van der Waals surface area (Å²) in [5, 5.41) is 13.2. The maximum Gasteiger partial charge on any atom is 0.270 e. The van der Waals surface area contributed by atoms with Gasteiger partial charge in [0.1, 0.15) is 0 Å². The second-order valence-corrected chi connectivity index (χ2v) is 15.8. The lowest BCUT2D eigenvalue weighted by Crippen LogP contribution is -2.48.